The summed E-state index contributed by atoms with van der Waals surface area (Å²) < 4.78 is 15.8. The van der Waals surface area contributed by atoms with Crippen molar-refractivity contribution in [3.63, 3.8) is 0 Å². The number of likely N-dealkylation sites (tertiary alicyclic amines) is 1. The fourth-order valence-electron chi connectivity index (χ4n) is 5.12. The van der Waals surface area contributed by atoms with E-state index < -0.39 is 0 Å². The van der Waals surface area contributed by atoms with Crippen LogP contribution in [0.15, 0.2) is 27.8 Å². The number of aromatic nitrogens is 4. The maximum absolute atomic E-state index is 13.6. The van der Waals surface area contributed by atoms with Gasteiger partial charge in [-0.15, -0.1) is 0 Å². The molecule has 1 aromatic carbocycles. The summed E-state index contributed by atoms with van der Waals surface area (Å²) in [5.74, 6) is 2.00. The molecule has 182 valence electrons. The smallest absolute Gasteiger partial charge is 0.332 e. The van der Waals surface area contributed by atoms with Crippen LogP contribution in [0.25, 0.3) is 11.2 Å². The molecule has 10 nitrogen and oxygen atoms in total. The summed E-state index contributed by atoms with van der Waals surface area (Å²) in [5.41, 5.74) is 1.15. The van der Waals surface area contributed by atoms with Crippen molar-refractivity contribution >= 4 is 22.8 Å². The van der Waals surface area contributed by atoms with E-state index in [-0.39, 0.29) is 11.2 Å². The molecule has 5 rings (SSSR count). The van der Waals surface area contributed by atoms with Crippen molar-refractivity contribution in [1.82, 2.24) is 23.6 Å². The van der Waals surface area contributed by atoms with Gasteiger partial charge in [-0.3, -0.25) is 13.9 Å². The lowest BCUT2D eigenvalue weighted by molar-refractivity contribution is 0.218. The number of hydrogen-bond donors (Lipinski definition) is 0. The van der Waals surface area contributed by atoms with Crippen molar-refractivity contribution in [3.8, 4) is 11.5 Å². The van der Waals surface area contributed by atoms with Crippen LogP contribution in [0.1, 0.15) is 25.7 Å². The second-order valence-electron chi connectivity index (χ2n) is 8.98. The van der Waals surface area contributed by atoms with Crippen molar-refractivity contribution in [2.45, 2.75) is 38.8 Å². The normalized spacial score (nSPS) is 16.6. The largest absolute Gasteiger partial charge is 0.497 e. The highest BCUT2D eigenvalue weighted by molar-refractivity contribution is 5.78. The van der Waals surface area contributed by atoms with Crippen LogP contribution < -0.4 is 25.6 Å². The second kappa shape index (κ2) is 9.17. The maximum Gasteiger partial charge on any atom is 0.332 e. The number of piperidine rings is 1. The molecule has 10 heteroatoms. The molecule has 2 aromatic heterocycles. The molecular weight excluding hydrogens is 436 g/mol. The maximum atomic E-state index is 13.6. The molecule has 0 unspecified atom stereocenters. The minimum atomic E-state index is -0.321. The topological polar surface area (TPSA) is 86.8 Å². The van der Waals surface area contributed by atoms with Gasteiger partial charge in [-0.2, -0.15) is 4.98 Å². The summed E-state index contributed by atoms with van der Waals surface area (Å²) in [6.45, 7) is 4.54. The van der Waals surface area contributed by atoms with E-state index in [1.807, 2.05) is 27.7 Å². The van der Waals surface area contributed by atoms with Gasteiger partial charge in [-0.05, 0) is 44.5 Å². The number of fused-ring (bicyclic) bond motifs is 3. The molecular formula is C24H32N6O4. The predicted molar refractivity (Wildman–Crippen MR) is 131 cm³/mol. The van der Waals surface area contributed by atoms with Gasteiger partial charge in [-0.1, -0.05) is 6.42 Å². The molecule has 1 saturated heterocycles. The predicted octanol–water partition coefficient (Wildman–Crippen LogP) is 1.94. The number of rotatable bonds is 6. The van der Waals surface area contributed by atoms with Crippen molar-refractivity contribution < 1.29 is 9.47 Å². The Balaban J connectivity index is 1.58. The van der Waals surface area contributed by atoms with Crippen LogP contribution in [0, 0.1) is 0 Å². The van der Waals surface area contributed by atoms with Crippen LogP contribution in [0.3, 0.4) is 0 Å². The summed E-state index contributed by atoms with van der Waals surface area (Å²) >= 11 is 0. The van der Waals surface area contributed by atoms with Crippen molar-refractivity contribution in [1.29, 1.82) is 0 Å². The van der Waals surface area contributed by atoms with E-state index in [1.165, 1.54) is 28.4 Å². The van der Waals surface area contributed by atoms with Crippen molar-refractivity contribution in [3.05, 3.63) is 39.0 Å². The zero-order valence-corrected chi connectivity index (χ0v) is 20.1. The first-order valence-electron chi connectivity index (χ1n) is 12.0. The quantitative estimate of drug-likeness (QED) is 0.546. The second-order valence-corrected chi connectivity index (χ2v) is 8.98. The Bertz CT molecular complexity index is 1320. The van der Waals surface area contributed by atoms with E-state index in [0.717, 1.165) is 31.7 Å². The Hall–Kier alpha value is -3.27. The van der Waals surface area contributed by atoms with Crippen LogP contribution in [-0.4, -0.2) is 64.0 Å². The molecule has 0 atom stereocenters. The Morgan fingerprint density at radius 3 is 2.47 bits per heavy atom. The number of hydrogen-bond acceptors (Lipinski definition) is 7. The summed E-state index contributed by atoms with van der Waals surface area (Å²) in [6.07, 6.45) is 4.44. The molecule has 0 bridgehead atoms. The molecule has 0 spiro atoms. The molecule has 1 fully saturated rings. The van der Waals surface area contributed by atoms with Gasteiger partial charge in [0, 0.05) is 39.3 Å². The first kappa shape index (κ1) is 22.5. The molecule has 0 amide bonds. The molecule has 34 heavy (non-hydrogen) atoms. The minimum Gasteiger partial charge on any atom is -0.497 e. The Morgan fingerprint density at radius 2 is 1.74 bits per heavy atom. The van der Waals surface area contributed by atoms with E-state index in [4.69, 9.17) is 14.5 Å². The van der Waals surface area contributed by atoms with Gasteiger partial charge in [0.25, 0.3) is 5.56 Å². The SMILES string of the molecule is COc1ccc(N2CCCn3c2nc2c3c(=O)n(CCN3CCCCC3)c(=O)n2C)c(OC)c1. The number of ether oxygens (including phenoxy) is 2. The van der Waals surface area contributed by atoms with Crippen LogP contribution in [0.2, 0.25) is 0 Å². The number of aryl methyl sites for hydroxylation is 2. The third kappa shape index (κ3) is 3.75. The number of methoxy groups -OCH3 is 2. The average Bonchev–Trinajstić information content (AvgIpc) is 3.28. The van der Waals surface area contributed by atoms with Crippen LogP contribution >= 0.6 is 0 Å². The number of benzene rings is 1. The monoisotopic (exact) mass is 468 g/mol. The molecule has 0 N–H and O–H groups in total. The van der Waals surface area contributed by atoms with Crippen molar-refractivity contribution in [2.24, 2.45) is 7.05 Å². The molecule has 2 aliphatic rings. The highest BCUT2D eigenvalue weighted by atomic mass is 16.5. The molecule has 0 radical (unpaired) electrons. The number of imidazole rings is 1. The fraction of sp³-hybridized carbons (Fsp3) is 0.542. The fourth-order valence-corrected chi connectivity index (χ4v) is 5.12. The van der Waals surface area contributed by atoms with Gasteiger partial charge in [-0.25, -0.2) is 4.79 Å². The average molecular weight is 469 g/mol. The minimum absolute atomic E-state index is 0.266. The van der Waals surface area contributed by atoms with E-state index in [0.29, 0.717) is 48.2 Å². The third-order valence-corrected chi connectivity index (χ3v) is 6.98. The van der Waals surface area contributed by atoms with E-state index in [9.17, 15) is 9.59 Å². The highest BCUT2D eigenvalue weighted by Crippen LogP contribution is 2.38. The lowest BCUT2D eigenvalue weighted by Gasteiger charge is -2.30. The highest BCUT2D eigenvalue weighted by Gasteiger charge is 2.28. The van der Waals surface area contributed by atoms with E-state index >= 15 is 0 Å². The van der Waals surface area contributed by atoms with Gasteiger partial charge in [0.2, 0.25) is 5.95 Å². The molecule has 3 aromatic rings. The van der Waals surface area contributed by atoms with Gasteiger partial charge in [0.1, 0.15) is 11.5 Å². The number of nitrogens with zero attached hydrogens (tertiary/aromatic N) is 6. The lowest BCUT2D eigenvalue weighted by atomic mass is 10.1. The standard InChI is InChI=1S/C24H32N6O4/c1-26-21-20(22(31)30(24(26)32)15-14-27-10-5-4-6-11-27)29-13-7-12-28(23(29)25-21)18-9-8-17(33-2)16-19(18)34-3/h8-9,16H,4-7,10-15H2,1-3H3. The van der Waals surface area contributed by atoms with Crippen LogP contribution in [0.5, 0.6) is 11.5 Å². The van der Waals surface area contributed by atoms with Crippen LogP contribution in [-0.2, 0) is 20.1 Å². The third-order valence-electron chi connectivity index (χ3n) is 6.98. The Labute approximate surface area is 197 Å². The molecule has 0 aliphatic carbocycles. The van der Waals surface area contributed by atoms with Gasteiger partial charge < -0.3 is 23.8 Å². The summed E-state index contributed by atoms with van der Waals surface area (Å²) in [6, 6.07) is 5.64. The summed E-state index contributed by atoms with van der Waals surface area (Å²) in [5, 5.41) is 0. The summed E-state index contributed by atoms with van der Waals surface area (Å²) in [7, 11) is 4.93. The van der Waals surface area contributed by atoms with Gasteiger partial charge >= 0.3 is 5.69 Å². The Kier molecular flexibility index (Phi) is 6.07. The van der Waals surface area contributed by atoms with E-state index in [2.05, 4.69) is 4.90 Å². The first-order chi connectivity index (χ1) is 16.5. The molecule has 0 saturated carbocycles. The molecule has 2 aliphatic heterocycles. The first-order valence-corrected chi connectivity index (χ1v) is 12.0. The zero-order chi connectivity index (χ0) is 23.8. The van der Waals surface area contributed by atoms with Gasteiger partial charge in [0.15, 0.2) is 11.2 Å². The molecule has 4 heterocycles. The van der Waals surface area contributed by atoms with Crippen LogP contribution in [0.4, 0.5) is 11.6 Å². The zero-order valence-electron chi connectivity index (χ0n) is 20.1. The van der Waals surface area contributed by atoms with Gasteiger partial charge in [0.05, 0.1) is 19.9 Å². The van der Waals surface area contributed by atoms with Crippen molar-refractivity contribution in [2.75, 3.05) is 45.3 Å². The number of anilines is 2. The Morgan fingerprint density at radius 1 is 0.941 bits per heavy atom. The summed E-state index contributed by atoms with van der Waals surface area (Å²) in [4.78, 5) is 35.9. The van der Waals surface area contributed by atoms with E-state index in [1.54, 1.807) is 21.3 Å². The lowest BCUT2D eigenvalue weighted by Crippen LogP contribution is -2.43.